The van der Waals surface area contributed by atoms with Crippen LogP contribution in [0, 0.1) is 0 Å². The number of hydrogen-bond donors (Lipinski definition) is 2. The van der Waals surface area contributed by atoms with E-state index in [1.165, 1.54) is 35.6 Å². The maximum Gasteiger partial charge on any atom is 0.407 e. The molecule has 4 rings (SSSR count). The molecule has 3 aliphatic rings. The highest BCUT2D eigenvalue weighted by molar-refractivity contribution is 5.84. The molecule has 2 heterocycles. The van der Waals surface area contributed by atoms with Gasteiger partial charge in [-0.1, -0.05) is 6.42 Å². The molecule has 1 aromatic rings. The van der Waals surface area contributed by atoms with E-state index >= 15 is 8.78 Å². The molecule has 2 aliphatic heterocycles. The summed E-state index contributed by atoms with van der Waals surface area (Å²) in [5.74, 6) is -3.71. The summed E-state index contributed by atoms with van der Waals surface area (Å²) in [6, 6.07) is 3.05. The molecular formula is C27H39F2N3O4. The van der Waals surface area contributed by atoms with Crippen LogP contribution < -0.4 is 15.8 Å². The molecule has 36 heavy (non-hydrogen) atoms. The number of nitrogens with one attached hydrogen (secondary N) is 1. The molecule has 0 radical (unpaired) electrons. The fourth-order valence-electron chi connectivity index (χ4n) is 5.76. The van der Waals surface area contributed by atoms with Crippen molar-refractivity contribution in [2.45, 2.75) is 120 Å². The molecule has 3 fully saturated rings. The number of ether oxygens (including phenoxy) is 2. The minimum absolute atomic E-state index is 0.122. The molecule has 0 aromatic heterocycles. The zero-order valence-electron chi connectivity index (χ0n) is 21.5. The van der Waals surface area contributed by atoms with Crippen LogP contribution in [0.3, 0.4) is 0 Å². The van der Waals surface area contributed by atoms with Crippen LogP contribution in [0.2, 0.25) is 0 Å². The molecule has 2 saturated heterocycles. The van der Waals surface area contributed by atoms with Crippen LogP contribution in [0.4, 0.5) is 13.6 Å². The summed E-state index contributed by atoms with van der Waals surface area (Å²) in [6.45, 7) is 5.36. The Labute approximate surface area is 212 Å². The predicted molar refractivity (Wildman–Crippen MR) is 132 cm³/mol. The Kier molecular flexibility index (Phi) is 7.78. The summed E-state index contributed by atoms with van der Waals surface area (Å²) >= 11 is 0. The van der Waals surface area contributed by atoms with E-state index in [1.54, 1.807) is 20.8 Å². The molecule has 2 bridgehead atoms. The van der Waals surface area contributed by atoms with Gasteiger partial charge < -0.3 is 25.4 Å². The number of fused-ring (bicyclic) bond motifs is 2. The Balaban J connectivity index is 1.37. The second-order valence-electron chi connectivity index (χ2n) is 11.4. The number of alkyl carbamates (subject to hydrolysis) is 1. The second kappa shape index (κ2) is 10.5. The molecule has 0 spiro atoms. The van der Waals surface area contributed by atoms with Gasteiger partial charge in [0.05, 0.1) is 6.10 Å². The summed E-state index contributed by atoms with van der Waals surface area (Å²) in [7, 11) is 0. The maximum atomic E-state index is 15.3. The standard InChI is InChI=1S/C27H39F2N3O4/c1-26(2,3)36-25(34)31-18-15-19-11-12-20(16-18)32(19)24(33)23(30)27(28,29)17-9-13-22(14-10-17)35-21-7-5-4-6-8-21/h9-10,13-14,18-21,23H,4-8,11-12,15-16,30H2,1-3H3,(H,31,34). The van der Waals surface area contributed by atoms with Gasteiger partial charge in [-0.15, -0.1) is 0 Å². The van der Waals surface area contributed by atoms with Gasteiger partial charge in [-0.2, -0.15) is 8.78 Å². The third-order valence-electron chi connectivity index (χ3n) is 7.46. The first-order chi connectivity index (χ1) is 16.9. The van der Waals surface area contributed by atoms with E-state index in [1.807, 2.05) is 0 Å². The lowest BCUT2D eigenvalue weighted by Gasteiger charge is -2.41. The Morgan fingerprint density at radius 3 is 2.14 bits per heavy atom. The number of halogens is 2. The number of amides is 2. The molecule has 1 aromatic carbocycles. The first-order valence-corrected chi connectivity index (χ1v) is 13.2. The molecule has 200 valence electrons. The van der Waals surface area contributed by atoms with Crippen molar-refractivity contribution >= 4 is 12.0 Å². The first kappa shape index (κ1) is 26.6. The molecule has 7 nitrogen and oxygen atoms in total. The number of carbonyl (C=O) groups excluding carboxylic acids is 2. The van der Waals surface area contributed by atoms with Crippen LogP contribution in [-0.2, 0) is 15.5 Å². The molecular weight excluding hydrogens is 468 g/mol. The number of hydrogen-bond acceptors (Lipinski definition) is 5. The number of piperidine rings is 1. The lowest BCUT2D eigenvalue weighted by Crippen LogP contribution is -2.59. The van der Waals surface area contributed by atoms with Crippen molar-refractivity contribution in [3.05, 3.63) is 29.8 Å². The van der Waals surface area contributed by atoms with Gasteiger partial charge in [-0.25, -0.2) is 4.79 Å². The minimum atomic E-state index is -3.52. The van der Waals surface area contributed by atoms with Crippen LogP contribution >= 0.6 is 0 Å². The topological polar surface area (TPSA) is 93.9 Å². The lowest BCUT2D eigenvalue weighted by atomic mass is 9.94. The smallest absolute Gasteiger partial charge is 0.407 e. The Morgan fingerprint density at radius 2 is 1.58 bits per heavy atom. The Morgan fingerprint density at radius 1 is 1.00 bits per heavy atom. The summed E-state index contributed by atoms with van der Waals surface area (Å²) in [4.78, 5) is 26.9. The molecule has 3 atom stereocenters. The fourth-order valence-corrected chi connectivity index (χ4v) is 5.76. The molecule has 3 unspecified atom stereocenters. The van der Waals surface area contributed by atoms with Crippen molar-refractivity contribution in [2.75, 3.05) is 0 Å². The predicted octanol–water partition coefficient (Wildman–Crippen LogP) is 4.86. The van der Waals surface area contributed by atoms with Crippen molar-refractivity contribution < 1.29 is 27.8 Å². The second-order valence-corrected chi connectivity index (χ2v) is 11.4. The van der Waals surface area contributed by atoms with Gasteiger partial charge in [0.15, 0.2) is 6.04 Å². The number of carbonyl (C=O) groups is 2. The highest BCUT2D eigenvalue weighted by atomic mass is 19.3. The summed E-state index contributed by atoms with van der Waals surface area (Å²) in [5.41, 5.74) is 5.01. The highest BCUT2D eigenvalue weighted by Crippen LogP contribution is 2.39. The van der Waals surface area contributed by atoms with Crippen molar-refractivity contribution in [1.29, 1.82) is 0 Å². The van der Waals surface area contributed by atoms with E-state index in [2.05, 4.69) is 5.32 Å². The number of alkyl halides is 2. The van der Waals surface area contributed by atoms with E-state index in [4.69, 9.17) is 15.2 Å². The van der Waals surface area contributed by atoms with Crippen LogP contribution in [0.5, 0.6) is 5.75 Å². The normalized spacial score (nSPS) is 25.8. The van der Waals surface area contributed by atoms with Crippen LogP contribution in [0.1, 0.15) is 84.1 Å². The zero-order valence-corrected chi connectivity index (χ0v) is 21.5. The van der Waals surface area contributed by atoms with Crippen LogP contribution in [0.15, 0.2) is 24.3 Å². The Hall–Kier alpha value is -2.42. The third-order valence-corrected chi connectivity index (χ3v) is 7.46. The number of nitrogens with zero attached hydrogens (tertiary/aromatic N) is 1. The minimum Gasteiger partial charge on any atom is -0.490 e. The van der Waals surface area contributed by atoms with Gasteiger partial charge in [0.2, 0.25) is 5.91 Å². The van der Waals surface area contributed by atoms with E-state index in [9.17, 15) is 9.59 Å². The van der Waals surface area contributed by atoms with E-state index in [0.29, 0.717) is 31.4 Å². The SMILES string of the molecule is CC(C)(C)OC(=O)NC1CC2CCC(C1)N2C(=O)C(N)C(F)(F)c1ccc(OC2CCCCC2)cc1. The largest absolute Gasteiger partial charge is 0.490 e. The van der Waals surface area contributed by atoms with Crippen molar-refractivity contribution in [1.82, 2.24) is 10.2 Å². The molecule has 1 aliphatic carbocycles. The van der Waals surface area contributed by atoms with Gasteiger partial charge in [0.1, 0.15) is 11.4 Å². The first-order valence-electron chi connectivity index (χ1n) is 13.2. The van der Waals surface area contributed by atoms with Gasteiger partial charge in [-0.05, 0) is 96.4 Å². The summed E-state index contributed by atoms with van der Waals surface area (Å²) in [5, 5.41) is 2.87. The highest BCUT2D eigenvalue weighted by Gasteiger charge is 2.51. The Bertz CT molecular complexity index is 914. The van der Waals surface area contributed by atoms with Crippen molar-refractivity contribution in [3.63, 3.8) is 0 Å². The van der Waals surface area contributed by atoms with Crippen molar-refractivity contribution in [3.8, 4) is 5.75 Å². The fraction of sp³-hybridized carbons (Fsp3) is 0.704. The summed E-state index contributed by atoms with van der Waals surface area (Å²) < 4.78 is 41.9. The number of benzene rings is 1. The van der Waals surface area contributed by atoms with Gasteiger partial charge >= 0.3 is 6.09 Å². The lowest BCUT2D eigenvalue weighted by molar-refractivity contribution is -0.147. The molecule has 1 saturated carbocycles. The average Bonchev–Trinajstić information content (AvgIpc) is 3.08. The maximum absolute atomic E-state index is 15.3. The van der Waals surface area contributed by atoms with E-state index in [-0.39, 0.29) is 29.8 Å². The molecule has 2 amide bonds. The number of rotatable bonds is 6. The van der Waals surface area contributed by atoms with Crippen molar-refractivity contribution in [2.24, 2.45) is 5.73 Å². The van der Waals surface area contributed by atoms with Gasteiger partial charge in [0, 0.05) is 23.7 Å². The molecule has 3 N–H and O–H groups in total. The number of nitrogens with two attached hydrogens (primary N) is 1. The van der Waals surface area contributed by atoms with Gasteiger partial charge in [0.25, 0.3) is 5.92 Å². The van der Waals surface area contributed by atoms with Crippen LogP contribution in [-0.4, -0.2) is 52.8 Å². The average molecular weight is 508 g/mol. The van der Waals surface area contributed by atoms with Gasteiger partial charge in [-0.3, -0.25) is 4.79 Å². The quantitative estimate of drug-likeness (QED) is 0.573. The summed E-state index contributed by atoms with van der Waals surface area (Å²) in [6.07, 6.45) is 7.40. The monoisotopic (exact) mass is 507 g/mol. The van der Waals surface area contributed by atoms with Crippen LogP contribution in [0.25, 0.3) is 0 Å². The third kappa shape index (κ3) is 6.10. The molecule has 9 heteroatoms. The van der Waals surface area contributed by atoms with E-state index in [0.717, 1.165) is 25.7 Å². The van der Waals surface area contributed by atoms with E-state index < -0.39 is 29.6 Å². The zero-order chi connectivity index (χ0) is 26.1.